The molecule has 1 aromatic heterocycles. The van der Waals surface area contributed by atoms with Crippen molar-refractivity contribution in [3.63, 3.8) is 0 Å². The van der Waals surface area contributed by atoms with Crippen LogP contribution in [0.25, 0.3) is 0 Å². The second-order valence-corrected chi connectivity index (χ2v) is 6.01. The van der Waals surface area contributed by atoms with Gasteiger partial charge in [0.1, 0.15) is 12.1 Å². The first-order valence-electron chi connectivity index (χ1n) is 7.55. The van der Waals surface area contributed by atoms with E-state index in [4.69, 9.17) is 4.74 Å². The van der Waals surface area contributed by atoms with E-state index < -0.39 is 0 Å². The van der Waals surface area contributed by atoms with E-state index in [1.165, 1.54) is 25.9 Å². The van der Waals surface area contributed by atoms with Crippen LogP contribution in [0.4, 0.5) is 5.82 Å². The summed E-state index contributed by atoms with van der Waals surface area (Å²) in [4.78, 5) is 13.6. The highest BCUT2D eigenvalue weighted by molar-refractivity contribution is 5.40. The van der Waals surface area contributed by atoms with Gasteiger partial charge in [0.25, 0.3) is 0 Å². The first-order chi connectivity index (χ1) is 9.74. The Morgan fingerprint density at radius 1 is 1.25 bits per heavy atom. The minimum absolute atomic E-state index is 0.447. The standard InChI is InChI=1S/C15H24N4O/c1-18-6-3-13(4-7-18)19(2)15-9-14(16-11-17-15)12-5-8-20-10-12/h9,11-13H,3-8,10H2,1-2H3. The molecule has 20 heavy (non-hydrogen) atoms. The zero-order valence-corrected chi connectivity index (χ0v) is 12.5. The average Bonchev–Trinajstić information content (AvgIpc) is 3.02. The second-order valence-electron chi connectivity index (χ2n) is 6.01. The zero-order chi connectivity index (χ0) is 13.9. The third-order valence-corrected chi connectivity index (χ3v) is 4.62. The maximum absolute atomic E-state index is 5.46. The molecular weight excluding hydrogens is 252 g/mol. The van der Waals surface area contributed by atoms with Crippen LogP contribution in [-0.4, -0.2) is 61.3 Å². The number of rotatable bonds is 3. The lowest BCUT2D eigenvalue weighted by atomic mass is 10.0. The monoisotopic (exact) mass is 276 g/mol. The topological polar surface area (TPSA) is 41.5 Å². The fourth-order valence-corrected chi connectivity index (χ4v) is 3.11. The number of hydrogen-bond donors (Lipinski definition) is 0. The Kier molecular flexibility index (Phi) is 4.17. The van der Waals surface area contributed by atoms with E-state index in [0.717, 1.165) is 31.1 Å². The van der Waals surface area contributed by atoms with Crippen LogP contribution in [0.5, 0.6) is 0 Å². The summed E-state index contributed by atoms with van der Waals surface area (Å²) in [6.07, 6.45) is 5.20. The van der Waals surface area contributed by atoms with E-state index in [0.29, 0.717) is 12.0 Å². The smallest absolute Gasteiger partial charge is 0.132 e. The Morgan fingerprint density at radius 3 is 2.75 bits per heavy atom. The SMILES string of the molecule is CN1CCC(N(C)c2cc(C3CCOC3)ncn2)CC1. The van der Waals surface area contributed by atoms with E-state index >= 15 is 0 Å². The van der Waals surface area contributed by atoms with Crippen molar-refractivity contribution in [1.82, 2.24) is 14.9 Å². The first kappa shape index (κ1) is 13.8. The molecule has 1 aromatic rings. The quantitative estimate of drug-likeness (QED) is 0.837. The summed E-state index contributed by atoms with van der Waals surface area (Å²) in [5, 5.41) is 0. The maximum Gasteiger partial charge on any atom is 0.132 e. The number of nitrogens with zero attached hydrogens (tertiary/aromatic N) is 4. The maximum atomic E-state index is 5.46. The predicted octanol–water partition coefficient (Wildman–Crippen LogP) is 1.51. The van der Waals surface area contributed by atoms with E-state index in [2.05, 4.69) is 39.9 Å². The number of anilines is 1. The Hall–Kier alpha value is -1.20. The van der Waals surface area contributed by atoms with Crippen LogP contribution in [0.15, 0.2) is 12.4 Å². The van der Waals surface area contributed by atoms with Crippen molar-refractivity contribution in [2.24, 2.45) is 0 Å². The molecule has 2 aliphatic heterocycles. The number of hydrogen-bond acceptors (Lipinski definition) is 5. The molecule has 3 heterocycles. The molecule has 2 saturated heterocycles. The predicted molar refractivity (Wildman–Crippen MR) is 79.1 cm³/mol. The lowest BCUT2D eigenvalue weighted by molar-refractivity contribution is 0.193. The molecule has 0 radical (unpaired) electrons. The second kappa shape index (κ2) is 6.06. The summed E-state index contributed by atoms with van der Waals surface area (Å²) in [5.74, 6) is 1.50. The van der Waals surface area contributed by atoms with Crippen LogP contribution in [0, 0.1) is 0 Å². The zero-order valence-electron chi connectivity index (χ0n) is 12.5. The van der Waals surface area contributed by atoms with Crippen LogP contribution in [0.1, 0.15) is 30.9 Å². The van der Waals surface area contributed by atoms with Crippen LogP contribution in [0.2, 0.25) is 0 Å². The minimum atomic E-state index is 0.447. The van der Waals surface area contributed by atoms with Gasteiger partial charge in [0.05, 0.1) is 12.3 Å². The summed E-state index contributed by atoms with van der Waals surface area (Å²) in [5.41, 5.74) is 1.13. The third kappa shape index (κ3) is 2.94. The molecular formula is C15H24N4O. The molecule has 0 N–H and O–H groups in total. The highest BCUT2D eigenvalue weighted by Gasteiger charge is 2.24. The fourth-order valence-electron chi connectivity index (χ4n) is 3.11. The Balaban J connectivity index is 1.71. The number of piperidine rings is 1. The summed E-state index contributed by atoms with van der Waals surface area (Å²) in [6.45, 7) is 4.00. The number of ether oxygens (including phenoxy) is 1. The highest BCUT2D eigenvalue weighted by Crippen LogP contribution is 2.26. The van der Waals surface area contributed by atoms with Gasteiger partial charge in [-0.25, -0.2) is 9.97 Å². The van der Waals surface area contributed by atoms with Crippen LogP contribution >= 0.6 is 0 Å². The summed E-state index contributed by atoms with van der Waals surface area (Å²) in [7, 11) is 4.35. The molecule has 5 heteroatoms. The molecule has 0 aliphatic carbocycles. The van der Waals surface area contributed by atoms with E-state index in [9.17, 15) is 0 Å². The van der Waals surface area contributed by atoms with E-state index in [1.54, 1.807) is 6.33 Å². The van der Waals surface area contributed by atoms with Gasteiger partial charge >= 0.3 is 0 Å². The van der Waals surface area contributed by atoms with Crippen molar-refractivity contribution in [3.05, 3.63) is 18.1 Å². The van der Waals surface area contributed by atoms with Gasteiger partial charge in [-0.1, -0.05) is 0 Å². The Morgan fingerprint density at radius 2 is 2.05 bits per heavy atom. The van der Waals surface area contributed by atoms with E-state index in [-0.39, 0.29) is 0 Å². The first-order valence-corrected chi connectivity index (χ1v) is 7.55. The number of aromatic nitrogens is 2. The molecule has 0 bridgehead atoms. The molecule has 0 saturated carbocycles. The van der Waals surface area contributed by atoms with Gasteiger partial charge in [0.2, 0.25) is 0 Å². The lowest BCUT2D eigenvalue weighted by Crippen LogP contribution is -2.42. The highest BCUT2D eigenvalue weighted by atomic mass is 16.5. The lowest BCUT2D eigenvalue weighted by Gasteiger charge is -2.35. The van der Waals surface area contributed by atoms with Crippen molar-refractivity contribution >= 4 is 5.82 Å². The van der Waals surface area contributed by atoms with Crippen molar-refractivity contribution in [3.8, 4) is 0 Å². The molecule has 3 rings (SSSR count). The molecule has 0 spiro atoms. The number of likely N-dealkylation sites (tertiary alicyclic amines) is 1. The van der Waals surface area contributed by atoms with Crippen molar-refractivity contribution in [1.29, 1.82) is 0 Å². The van der Waals surface area contributed by atoms with Gasteiger partial charge in [-0.2, -0.15) is 0 Å². The minimum Gasteiger partial charge on any atom is -0.381 e. The van der Waals surface area contributed by atoms with Crippen molar-refractivity contribution in [2.75, 3.05) is 45.3 Å². The molecule has 0 aromatic carbocycles. The third-order valence-electron chi connectivity index (χ3n) is 4.62. The van der Waals surface area contributed by atoms with Crippen LogP contribution < -0.4 is 4.90 Å². The van der Waals surface area contributed by atoms with Gasteiger partial charge in [0, 0.05) is 31.7 Å². The molecule has 110 valence electrons. The van der Waals surface area contributed by atoms with Gasteiger partial charge in [-0.05, 0) is 39.4 Å². The molecule has 2 fully saturated rings. The summed E-state index contributed by atoms with van der Waals surface area (Å²) < 4.78 is 5.46. The normalized spacial score (nSPS) is 25.0. The van der Waals surface area contributed by atoms with Gasteiger partial charge in [0.15, 0.2) is 0 Å². The van der Waals surface area contributed by atoms with Gasteiger partial charge in [-0.15, -0.1) is 0 Å². The van der Waals surface area contributed by atoms with Crippen molar-refractivity contribution in [2.45, 2.75) is 31.2 Å². The summed E-state index contributed by atoms with van der Waals surface area (Å²) >= 11 is 0. The largest absolute Gasteiger partial charge is 0.381 e. The Labute approximate surface area is 121 Å². The van der Waals surface area contributed by atoms with Crippen LogP contribution in [-0.2, 0) is 4.74 Å². The van der Waals surface area contributed by atoms with Crippen molar-refractivity contribution < 1.29 is 4.74 Å². The molecule has 2 aliphatic rings. The van der Waals surface area contributed by atoms with E-state index in [1.807, 2.05) is 0 Å². The molecule has 0 amide bonds. The van der Waals surface area contributed by atoms with Gasteiger partial charge in [-0.3, -0.25) is 0 Å². The summed E-state index contributed by atoms with van der Waals surface area (Å²) in [6, 6.07) is 2.74. The average molecular weight is 276 g/mol. The van der Waals surface area contributed by atoms with Gasteiger partial charge < -0.3 is 14.5 Å². The van der Waals surface area contributed by atoms with Crippen LogP contribution in [0.3, 0.4) is 0 Å². The molecule has 5 nitrogen and oxygen atoms in total. The Bertz CT molecular complexity index is 439. The fraction of sp³-hybridized carbons (Fsp3) is 0.733. The molecule has 1 unspecified atom stereocenters. The molecule has 1 atom stereocenters.